The Balaban J connectivity index is 1.91. The lowest BCUT2D eigenvalue weighted by atomic mass is 10.2. The van der Waals surface area contributed by atoms with Gasteiger partial charge in [-0.1, -0.05) is 34.2 Å². The second-order valence-corrected chi connectivity index (χ2v) is 6.37. The summed E-state index contributed by atoms with van der Waals surface area (Å²) in [5.74, 6) is 0.0104. The summed E-state index contributed by atoms with van der Waals surface area (Å²) in [7, 11) is 0. The Hall–Kier alpha value is -1.80. The van der Waals surface area contributed by atoms with E-state index in [2.05, 4.69) is 38.4 Å². The van der Waals surface area contributed by atoms with Crippen LogP contribution in [0, 0.1) is 0 Å². The smallest absolute Gasteiger partial charge is 0.264 e. The van der Waals surface area contributed by atoms with E-state index in [9.17, 15) is 9.59 Å². The summed E-state index contributed by atoms with van der Waals surface area (Å²) in [5.41, 5.74) is 0.378. The summed E-state index contributed by atoms with van der Waals surface area (Å²) >= 11 is 4.61. The molecule has 2 rings (SSSR count). The van der Waals surface area contributed by atoms with Crippen LogP contribution < -0.4 is 10.1 Å². The molecule has 1 N–H and O–H groups in total. The molecule has 0 atom stereocenters. The maximum absolute atomic E-state index is 11.8. The maximum atomic E-state index is 11.8. The Bertz CT molecular complexity index is 675. The predicted octanol–water partition coefficient (Wildman–Crippen LogP) is 3.08. The van der Waals surface area contributed by atoms with E-state index < -0.39 is 0 Å². The van der Waals surface area contributed by atoms with Crippen molar-refractivity contribution in [1.29, 1.82) is 0 Å². The molecule has 6 nitrogen and oxygen atoms in total. The molecule has 0 radical (unpaired) electrons. The number of anilines is 1. The highest BCUT2D eigenvalue weighted by Crippen LogP contribution is 2.22. The Kier molecular flexibility index (Phi) is 6.02. The van der Waals surface area contributed by atoms with Gasteiger partial charge >= 0.3 is 0 Å². The van der Waals surface area contributed by atoms with Crippen molar-refractivity contribution in [3.63, 3.8) is 0 Å². The number of nitrogens with zero attached hydrogens (tertiary/aromatic N) is 2. The SMILES string of the molecule is CCCc1nnc(NC(=O)COc2ccc(Br)cc2C=O)s1. The second kappa shape index (κ2) is 8.00. The third-order valence-corrected chi connectivity index (χ3v) is 4.03. The van der Waals surface area contributed by atoms with E-state index in [4.69, 9.17) is 4.74 Å². The molecule has 0 aliphatic carbocycles. The van der Waals surface area contributed by atoms with Crippen molar-refractivity contribution in [1.82, 2.24) is 10.2 Å². The van der Waals surface area contributed by atoms with Crippen molar-refractivity contribution in [3.05, 3.63) is 33.2 Å². The number of aldehydes is 1. The summed E-state index contributed by atoms with van der Waals surface area (Å²) in [6, 6.07) is 5.00. The number of nitrogens with one attached hydrogen (secondary N) is 1. The third kappa shape index (κ3) is 4.60. The number of carbonyl (C=O) groups excluding carboxylic acids is 2. The van der Waals surface area contributed by atoms with Gasteiger partial charge in [-0.2, -0.15) is 0 Å². The van der Waals surface area contributed by atoms with Crippen LogP contribution in [-0.4, -0.2) is 29.0 Å². The fraction of sp³-hybridized carbons (Fsp3) is 0.286. The van der Waals surface area contributed by atoms with Gasteiger partial charge in [-0.15, -0.1) is 10.2 Å². The highest BCUT2D eigenvalue weighted by molar-refractivity contribution is 9.10. The van der Waals surface area contributed by atoms with Gasteiger partial charge in [0, 0.05) is 10.9 Å². The van der Waals surface area contributed by atoms with Crippen molar-refractivity contribution in [2.24, 2.45) is 0 Å². The molecule has 0 aliphatic heterocycles. The van der Waals surface area contributed by atoms with Crippen LogP contribution in [0.2, 0.25) is 0 Å². The van der Waals surface area contributed by atoms with Crippen molar-refractivity contribution in [3.8, 4) is 5.75 Å². The molecule has 1 heterocycles. The molecule has 0 spiro atoms. The van der Waals surface area contributed by atoms with Crippen LogP contribution in [0.15, 0.2) is 22.7 Å². The van der Waals surface area contributed by atoms with Gasteiger partial charge in [-0.25, -0.2) is 0 Å². The zero-order valence-electron chi connectivity index (χ0n) is 11.8. The van der Waals surface area contributed by atoms with E-state index in [0.29, 0.717) is 22.7 Å². The van der Waals surface area contributed by atoms with Gasteiger partial charge in [-0.05, 0) is 24.6 Å². The molecule has 1 amide bonds. The number of benzene rings is 1. The van der Waals surface area contributed by atoms with Crippen molar-refractivity contribution >= 4 is 44.6 Å². The molecule has 0 saturated carbocycles. The summed E-state index contributed by atoms with van der Waals surface area (Å²) in [6.45, 7) is 1.85. The van der Waals surface area contributed by atoms with Crippen LogP contribution in [0.25, 0.3) is 0 Å². The molecule has 0 fully saturated rings. The molecule has 116 valence electrons. The molecule has 2 aromatic rings. The lowest BCUT2D eigenvalue weighted by Crippen LogP contribution is -2.20. The van der Waals surface area contributed by atoms with Crippen LogP contribution in [0.1, 0.15) is 28.7 Å². The average Bonchev–Trinajstić information content (AvgIpc) is 2.93. The number of aromatic nitrogens is 2. The van der Waals surface area contributed by atoms with Gasteiger partial charge in [0.15, 0.2) is 12.9 Å². The van der Waals surface area contributed by atoms with Crippen molar-refractivity contribution in [2.45, 2.75) is 19.8 Å². The molecule has 8 heteroatoms. The van der Waals surface area contributed by atoms with Gasteiger partial charge in [0.2, 0.25) is 5.13 Å². The van der Waals surface area contributed by atoms with Crippen molar-refractivity contribution in [2.75, 3.05) is 11.9 Å². The Morgan fingerprint density at radius 3 is 3.00 bits per heavy atom. The minimum absolute atomic E-state index is 0.203. The van der Waals surface area contributed by atoms with E-state index in [-0.39, 0.29) is 12.5 Å². The fourth-order valence-corrected chi connectivity index (χ4v) is 2.90. The zero-order valence-corrected chi connectivity index (χ0v) is 14.2. The number of ether oxygens (including phenoxy) is 1. The van der Waals surface area contributed by atoms with Crippen LogP contribution in [0.5, 0.6) is 5.75 Å². The monoisotopic (exact) mass is 383 g/mol. The number of aryl methyl sites for hydroxylation is 1. The number of hydrogen-bond donors (Lipinski definition) is 1. The largest absolute Gasteiger partial charge is 0.483 e. The first-order valence-electron chi connectivity index (χ1n) is 6.62. The summed E-state index contributed by atoms with van der Waals surface area (Å²) in [5, 5.41) is 11.8. The quantitative estimate of drug-likeness (QED) is 0.742. The predicted molar refractivity (Wildman–Crippen MR) is 87.6 cm³/mol. The molecular formula is C14H14BrN3O3S. The number of hydrogen-bond acceptors (Lipinski definition) is 6. The van der Waals surface area contributed by atoms with Crippen LogP contribution in [0.4, 0.5) is 5.13 Å². The van der Waals surface area contributed by atoms with Gasteiger partial charge < -0.3 is 4.74 Å². The van der Waals surface area contributed by atoms with Crippen LogP contribution in [-0.2, 0) is 11.2 Å². The van der Waals surface area contributed by atoms with Crippen molar-refractivity contribution < 1.29 is 14.3 Å². The van der Waals surface area contributed by atoms with E-state index in [1.807, 2.05) is 0 Å². The Morgan fingerprint density at radius 2 is 2.27 bits per heavy atom. The highest BCUT2D eigenvalue weighted by atomic mass is 79.9. The third-order valence-electron chi connectivity index (χ3n) is 2.63. The van der Waals surface area contributed by atoms with Gasteiger partial charge in [0.05, 0.1) is 5.56 Å². The molecule has 1 aromatic carbocycles. The lowest BCUT2D eigenvalue weighted by Gasteiger charge is -2.08. The van der Waals surface area contributed by atoms with E-state index in [1.54, 1.807) is 18.2 Å². The highest BCUT2D eigenvalue weighted by Gasteiger charge is 2.10. The molecule has 1 aromatic heterocycles. The van der Waals surface area contributed by atoms with Gasteiger partial charge in [0.1, 0.15) is 10.8 Å². The summed E-state index contributed by atoms with van der Waals surface area (Å²) < 4.78 is 6.13. The van der Waals surface area contributed by atoms with E-state index in [0.717, 1.165) is 22.3 Å². The van der Waals surface area contributed by atoms with E-state index >= 15 is 0 Å². The fourth-order valence-electron chi connectivity index (χ4n) is 1.66. The Labute approximate surface area is 140 Å². The number of carbonyl (C=O) groups is 2. The summed E-state index contributed by atoms with van der Waals surface area (Å²) in [6.07, 6.45) is 2.50. The number of amides is 1. The first kappa shape index (κ1) is 16.6. The molecule has 22 heavy (non-hydrogen) atoms. The molecular weight excluding hydrogens is 370 g/mol. The van der Waals surface area contributed by atoms with Crippen LogP contribution in [0.3, 0.4) is 0 Å². The molecule has 0 unspecified atom stereocenters. The zero-order chi connectivity index (χ0) is 15.9. The first-order valence-corrected chi connectivity index (χ1v) is 8.23. The van der Waals surface area contributed by atoms with E-state index in [1.165, 1.54) is 11.3 Å². The van der Waals surface area contributed by atoms with Gasteiger partial charge in [0.25, 0.3) is 5.91 Å². The number of halogens is 1. The topological polar surface area (TPSA) is 81.2 Å². The van der Waals surface area contributed by atoms with Crippen LogP contribution >= 0.6 is 27.3 Å². The normalized spacial score (nSPS) is 10.3. The molecule has 0 bridgehead atoms. The van der Waals surface area contributed by atoms with Gasteiger partial charge in [-0.3, -0.25) is 14.9 Å². The maximum Gasteiger partial charge on any atom is 0.264 e. The Morgan fingerprint density at radius 1 is 1.45 bits per heavy atom. The minimum atomic E-state index is -0.348. The lowest BCUT2D eigenvalue weighted by molar-refractivity contribution is -0.118. The molecule has 0 saturated heterocycles. The second-order valence-electron chi connectivity index (χ2n) is 4.39. The molecule has 0 aliphatic rings. The first-order chi connectivity index (χ1) is 10.6. The average molecular weight is 384 g/mol. The summed E-state index contributed by atoms with van der Waals surface area (Å²) in [4.78, 5) is 22.8. The standard InChI is InChI=1S/C14H14BrN3O3S/c1-2-3-13-17-18-14(22-13)16-12(20)8-21-11-5-4-10(15)6-9(11)7-19/h4-7H,2-3,8H2,1H3,(H,16,18,20). The minimum Gasteiger partial charge on any atom is -0.483 e. The number of rotatable bonds is 7.